The summed E-state index contributed by atoms with van der Waals surface area (Å²) >= 11 is 0. The maximum atomic E-state index is 14.4. The number of carbonyl (C=O) groups excluding carboxylic acids is 1. The van der Waals surface area contributed by atoms with Gasteiger partial charge in [0, 0.05) is 12.6 Å². The lowest BCUT2D eigenvalue weighted by Crippen LogP contribution is -2.41. The Hall–Kier alpha value is -2.77. The minimum atomic E-state index is -1.24. The Morgan fingerprint density at radius 3 is 2.66 bits per heavy atom. The summed E-state index contributed by atoms with van der Waals surface area (Å²) in [6.07, 6.45) is 2.49. The number of carbonyl (C=O) groups is 1. The van der Waals surface area contributed by atoms with E-state index in [1.54, 1.807) is 36.7 Å². The maximum absolute atomic E-state index is 14.4. The van der Waals surface area contributed by atoms with Crippen molar-refractivity contribution in [3.8, 4) is 5.75 Å². The van der Waals surface area contributed by atoms with Crippen LogP contribution in [0.4, 0.5) is 8.78 Å². The van der Waals surface area contributed by atoms with Gasteiger partial charge in [-0.1, -0.05) is 32.1 Å². The van der Waals surface area contributed by atoms with Crippen LogP contribution in [0.3, 0.4) is 0 Å². The number of ether oxygens (including phenoxy) is 1. The molecule has 1 atom stereocenters. The molecule has 3 rings (SSSR count). The number of rotatable bonds is 9. The van der Waals surface area contributed by atoms with Crippen LogP contribution in [0.25, 0.3) is 5.57 Å². The quantitative estimate of drug-likeness (QED) is 0.438. The third kappa shape index (κ3) is 4.84. The van der Waals surface area contributed by atoms with Gasteiger partial charge in [0.15, 0.2) is 0 Å². The Kier molecular flexibility index (Phi) is 7.64. The zero-order valence-electron chi connectivity index (χ0n) is 18.8. The first kappa shape index (κ1) is 23.9. The second-order valence-electron chi connectivity index (χ2n) is 8.05. The van der Waals surface area contributed by atoms with Crippen LogP contribution >= 0.6 is 0 Å². The fraction of sp³-hybridized carbons (Fsp3) is 0.400. The number of hydrogen-bond acceptors (Lipinski definition) is 4. The van der Waals surface area contributed by atoms with Crippen molar-refractivity contribution in [1.29, 1.82) is 0 Å². The lowest BCUT2D eigenvalue weighted by atomic mass is 9.77. The van der Waals surface area contributed by atoms with Crippen LogP contribution in [0.5, 0.6) is 5.75 Å². The van der Waals surface area contributed by atoms with Gasteiger partial charge in [0.25, 0.3) is 5.91 Å². The number of hydrogen-bond donors (Lipinski definition) is 2. The predicted octanol–water partition coefficient (Wildman–Crippen LogP) is 4.61. The molecule has 0 aliphatic heterocycles. The standard InChI is InChI=1S/C25H30F2N2O3/c1-4-29(5-2)11-12-32-21-14-19(13-20(26)15-21)18-9-10-25(16-18,24(30)28-31)22-7-6-8-23(27)17(22)3/h6-8,13-16,31H,4-5,9-12H2,1-3H3,(H,28,30)/t25-/m0/s1. The van der Waals surface area contributed by atoms with Gasteiger partial charge in [-0.3, -0.25) is 10.0 Å². The molecule has 2 aromatic carbocycles. The highest BCUT2D eigenvalue weighted by Gasteiger charge is 2.43. The normalized spacial score (nSPS) is 18.0. The van der Waals surface area contributed by atoms with Crippen LogP contribution in [-0.4, -0.2) is 42.3 Å². The van der Waals surface area contributed by atoms with E-state index in [0.29, 0.717) is 41.9 Å². The van der Waals surface area contributed by atoms with Gasteiger partial charge >= 0.3 is 0 Å². The molecular formula is C25H30F2N2O3. The van der Waals surface area contributed by atoms with Crippen LogP contribution in [0.1, 0.15) is 43.4 Å². The summed E-state index contributed by atoms with van der Waals surface area (Å²) in [5.41, 5.74) is 2.65. The highest BCUT2D eigenvalue weighted by Crippen LogP contribution is 2.45. The molecule has 0 radical (unpaired) electrons. The highest BCUT2D eigenvalue weighted by molar-refractivity contribution is 5.94. The number of benzene rings is 2. The molecule has 0 aromatic heterocycles. The molecule has 0 bridgehead atoms. The molecule has 7 heteroatoms. The Bertz CT molecular complexity index is 1000. The van der Waals surface area contributed by atoms with Crippen molar-refractivity contribution in [3.05, 3.63) is 70.8 Å². The topological polar surface area (TPSA) is 61.8 Å². The van der Waals surface area contributed by atoms with Crippen LogP contribution in [-0.2, 0) is 10.2 Å². The smallest absolute Gasteiger partial charge is 0.257 e. The molecule has 172 valence electrons. The van der Waals surface area contributed by atoms with E-state index in [4.69, 9.17) is 4.74 Å². The van der Waals surface area contributed by atoms with Crippen molar-refractivity contribution in [2.75, 3.05) is 26.2 Å². The van der Waals surface area contributed by atoms with Gasteiger partial charge in [-0.25, -0.2) is 14.3 Å². The average Bonchev–Trinajstić information content (AvgIpc) is 3.24. The highest BCUT2D eigenvalue weighted by atomic mass is 19.1. The number of hydroxylamine groups is 1. The predicted molar refractivity (Wildman–Crippen MR) is 120 cm³/mol. The first-order chi connectivity index (χ1) is 15.3. The van der Waals surface area contributed by atoms with E-state index >= 15 is 0 Å². The van der Waals surface area contributed by atoms with E-state index < -0.39 is 23.0 Å². The summed E-state index contributed by atoms with van der Waals surface area (Å²) in [4.78, 5) is 15.0. The fourth-order valence-electron chi connectivity index (χ4n) is 4.37. The third-order valence-electron chi connectivity index (χ3n) is 6.28. The number of halogens is 2. The number of likely N-dealkylation sites (N-methyl/N-ethyl adjacent to an activating group) is 1. The van der Waals surface area contributed by atoms with Crippen LogP contribution in [0.2, 0.25) is 0 Å². The molecule has 0 fully saturated rings. The van der Waals surface area contributed by atoms with E-state index in [-0.39, 0.29) is 0 Å². The maximum Gasteiger partial charge on any atom is 0.257 e. The second-order valence-corrected chi connectivity index (χ2v) is 8.05. The zero-order chi connectivity index (χ0) is 23.3. The van der Waals surface area contributed by atoms with Gasteiger partial charge in [-0.2, -0.15) is 0 Å². The molecule has 0 heterocycles. The Labute approximate surface area is 187 Å². The summed E-state index contributed by atoms with van der Waals surface area (Å²) in [5.74, 6) is -1.09. The van der Waals surface area contributed by atoms with E-state index in [1.165, 1.54) is 18.2 Å². The van der Waals surface area contributed by atoms with Gasteiger partial charge in [0.05, 0.1) is 5.41 Å². The zero-order valence-corrected chi connectivity index (χ0v) is 18.8. The number of allylic oxidation sites excluding steroid dienone is 1. The van der Waals surface area contributed by atoms with Crippen LogP contribution in [0, 0.1) is 18.6 Å². The molecule has 0 unspecified atom stereocenters. The van der Waals surface area contributed by atoms with Crippen molar-refractivity contribution in [1.82, 2.24) is 10.4 Å². The van der Waals surface area contributed by atoms with Gasteiger partial charge in [0.1, 0.15) is 24.0 Å². The van der Waals surface area contributed by atoms with Gasteiger partial charge in [-0.15, -0.1) is 0 Å². The molecule has 32 heavy (non-hydrogen) atoms. The number of amides is 1. The lowest BCUT2D eigenvalue weighted by Gasteiger charge is -2.27. The van der Waals surface area contributed by atoms with Crippen molar-refractivity contribution >= 4 is 11.5 Å². The monoisotopic (exact) mass is 444 g/mol. The molecular weight excluding hydrogens is 414 g/mol. The molecule has 0 saturated heterocycles. The fourth-order valence-corrected chi connectivity index (χ4v) is 4.37. The van der Waals surface area contributed by atoms with Crippen molar-refractivity contribution in [3.63, 3.8) is 0 Å². The summed E-state index contributed by atoms with van der Waals surface area (Å²) in [5, 5.41) is 9.40. The number of nitrogens with one attached hydrogen (secondary N) is 1. The van der Waals surface area contributed by atoms with E-state index in [0.717, 1.165) is 25.2 Å². The Morgan fingerprint density at radius 1 is 1.22 bits per heavy atom. The van der Waals surface area contributed by atoms with Gasteiger partial charge < -0.3 is 9.64 Å². The van der Waals surface area contributed by atoms with E-state index in [2.05, 4.69) is 18.7 Å². The lowest BCUT2D eigenvalue weighted by molar-refractivity contribution is -0.133. The SMILES string of the molecule is CCN(CC)CCOc1cc(F)cc(C2=C[C@](C(=O)NO)(c3cccc(F)c3C)CC2)c1. The minimum absolute atomic E-state index is 0.327. The van der Waals surface area contributed by atoms with Crippen molar-refractivity contribution in [2.45, 2.75) is 39.0 Å². The summed E-state index contributed by atoms with van der Waals surface area (Å²) in [6, 6.07) is 9.04. The average molecular weight is 445 g/mol. The second kappa shape index (κ2) is 10.2. The molecule has 5 nitrogen and oxygen atoms in total. The minimum Gasteiger partial charge on any atom is -0.492 e. The molecule has 0 spiro atoms. The van der Waals surface area contributed by atoms with Crippen LogP contribution < -0.4 is 10.2 Å². The third-order valence-corrected chi connectivity index (χ3v) is 6.28. The Morgan fingerprint density at radius 2 is 1.97 bits per heavy atom. The molecule has 1 amide bonds. The van der Waals surface area contributed by atoms with Crippen molar-refractivity contribution < 1.29 is 23.5 Å². The molecule has 2 aromatic rings. The largest absolute Gasteiger partial charge is 0.492 e. The number of nitrogens with zero attached hydrogens (tertiary/aromatic N) is 1. The molecule has 0 saturated carbocycles. The first-order valence-electron chi connectivity index (χ1n) is 10.9. The molecule has 2 N–H and O–H groups in total. The summed E-state index contributed by atoms with van der Waals surface area (Å²) in [6.45, 7) is 8.75. The van der Waals surface area contributed by atoms with Gasteiger partial charge in [0.2, 0.25) is 0 Å². The first-order valence-corrected chi connectivity index (χ1v) is 10.9. The summed E-state index contributed by atoms with van der Waals surface area (Å²) in [7, 11) is 0. The summed E-state index contributed by atoms with van der Waals surface area (Å²) < 4.78 is 34.4. The van der Waals surface area contributed by atoms with E-state index in [9.17, 15) is 18.8 Å². The van der Waals surface area contributed by atoms with E-state index in [1.807, 2.05) is 0 Å². The van der Waals surface area contributed by atoms with Crippen LogP contribution in [0.15, 0.2) is 42.5 Å². The van der Waals surface area contributed by atoms with Crippen molar-refractivity contribution in [2.24, 2.45) is 0 Å². The molecule has 1 aliphatic carbocycles. The van der Waals surface area contributed by atoms with Gasteiger partial charge in [-0.05, 0) is 73.3 Å². The Balaban J connectivity index is 1.93. The molecule has 1 aliphatic rings.